The number of imidazole rings is 1. The number of piperidine rings is 1. The molecule has 1 unspecified atom stereocenters. The zero-order valence-electron chi connectivity index (χ0n) is 22.2. The Labute approximate surface area is 239 Å². The summed E-state index contributed by atoms with van der Waals surface area (Å²) in [5.74, 6) is -2.11. The lowest BCUT2D eigenvalue weighted by Crippen LogP contribution is -2.41. The van der Waals surface area contributed by atoms with E-state index in [1.54, 1.807) is 29.3 Å². The van der Waals surface area contributed by atoms with Gasteiger partial charge in [-0.25, -0.2) is 18.6 Å². The van der Waals surface area contributed by atoms with Crippen molar-refractivity contribution in [2.45, 2.75) is 44.1 Å². The third kappa shape index (κ3) is 6.09. The van der Waals surface area contributed by atoms with Crippen LogP contribution in [0.25, 0.3) is 11.3 Å². The minimum Gasteiger partial charge on any atom is -0.453 e. The number of rotatable bonds is 3. The summed E-state index contributed by atoms with van der Waals surface area (Å²) in [5, 5.41) is 5.29. The first kappa shape index (κ1) is 28.3. The highest BCUT2D eigenvalue weighted by molar-refractivity contribution is 6.30. The Hall–Kier alpha value is -4.25. The lowest BCUT2D eigenvalue weighted by molar-refractivity contribution is -0.136. The lowest BCUT2D eigenvalue weighted by atomic mass is 9.87. The molecular formula is C29H28ClF2N5O4. The van der Waals surface area contributed by atoms with Gasteiger partial charge in [0.15, 0.2) is 0 Å². The Balaban J connectivity index is 1.44. The fourth-order valence-corrected chi connectivity index (χ4v) is 5.43. The number of hydrogen-bond acceptors (Lipinski definition) is 5. The van der Waals surface area contributed by atoms with Crippen LogP contribution >= 0.6 is 11.6 Å². The number of carbonyl (C=O) groups is 3. The summed E-state index contributed by atoms with van der Waals surface area (Å²) >= 11 is 5.89. The molecule has 2 aliphatic heterocycles. The largest absolute Gasteiger partial charge is 0.453 e. The Morgan fingerprint density at radius 1 is 1.20 bits per heavy atom. The minimum absolute atomic E-state index is 0.0702. The van der Waals surface area contributed by atoms with Crippen molar-refractivity contribution in [2.75, 3.05) is 24.3 Å². The van der Waals surface area contributed by atoms with E-state index in [4.69, 9.17) is 16.6 Å². The molecule has 3 aromatic rings. The lowest BCUT2D eigenvalue weighted by Gasteiger charge is -2.36. The predicted molar refractivity (Wildman–Crippen MR) is 149 cm³/mol. The quantitative estimate of drug-likeness (QED) is 0.247. The molecule has 2 atom stereocenters. The van der Waals surface area contributed by atoms with Gasteiger partial charge in [0.05, 0.1) is 29.6 Å². The van der Waals surface area contributed by atoms with E-state index >= 15 is 0 Å². The molecule has 2 bridgehead atoms. The van der Waals surface area contributed by atoms with E-state index in [1.807, 2.05) is 12.2 Å². The van der Waals surface area contributed by atoms with Crippen molar-refractivity contribution in [3.63, 3.8) is 0 Å². The summed E-state index contributed by atoms with van der Waals surface area (Å²) in [5.41, 5.74) is 1.85. The molecule has 0 radical (unpaired) electrons. The van der Waals surface area contributed by atoms with Crippen LogP contribution in [0.3, 0.4) is 0 Å². The molecule has 41 heavy (non-hydrogen) atoms. The molecular weight excluding hydrogens is 556 g/mol. The summed E-state index contributed by atoms with van der Waals surface area (Å²) in [6.45, 7) is 0.266. The maximum Gasteiger partial charge on any atom is 0.411 e. The molecule has 0 aliphatic carbocycles. The third-order valence-corrected chi connectivity index (χ3v) is 7.59. The summed E-state index contributed by atoms with van der Waals surface area (Å²) in [4.78, 5) is 47.4. The van der Waals surface area contributed by atoms with Gasteiger partial charge in [-0.05, 0) is 49.6 Å². The van der Waals surface area contributed by atoms with Gasteiger partial charge in [-0.15, -0.1) is 0 Å². The normalized spacial score (nSPS) is 20.1. The van der Waals surface area contributed by atoms with Crippen LogP contribution in [0.1, 0.15) is 55.5 Å². The molecule has 0 saturated carbocycles. The number of nitrogens with one attached hydrogen (secondary N) is 3. The summed E-state index contributed by atoms with van der Waals surface area (Å²) in [7, 11) is 1.25. The van der Waals surface area contributed by atoms with Crippen LogP contribution in [0.15, 0.2) is 48.7 Å². The number of aromatic nitrogens is 2. The number of likely N-dealkylation sites (tertiary alicyclic amines) is 1. The van der Waals surface area contributed by atoms with Crippen molar-refractivity contribution < 1.29 is 27.9 Å². The van der Waals surface area contributed by atoms with Crippen LogP contribution in [0.2, 0.25) is 5.02 Å². The monoisotopic (exact) mass is 583 g/mol. The molecule has 12 heteroatoms. The number of carbonyl (C=O) groups excluding carboxylic acids is 3. The molecule has 2 aromatic carbocycles. The van der Waals surface area contributed by atoms with E-state index in [-0.39, 0.29) is 41.8 Å². The second-order valence-corrected chi connectivity index (χ2v) is 10.3. The van der Waals surface area contributed by atoms with Crippen LogP contribution in [-0.4, -0.2) is 46.4 Å². The molecule has 0 spiro atoms. The number of allylic oxidation sites excluding steroid dienone is 1. The first-order valence-corrected chi connectivity index (χ1v) is 13.6. The van der Waals surface area contributed by atoms with Crippen LogP contribution < -0.4 is 10.6 Å². The molecule has 2 aliphatic rings. The average molecular weight is 584 g/mol. The van der Waals surface area contributed by atoms with Gasteiger partial charge >= 0.3 is 6.09 Å². The van der Waals surface area contributed by atoms with Crippen molar-refractivity contribution in [3.05, 3.63) is 76.7 Å². The number of halogens is 3. The fourth-order valence-electron chi connectivity index (χ4n) is 5.26. The van der Waals surface area contributed by atoms with Crippen LogP contribution in [0.4, 0.5) is 25.0 Å². The molecule has 3 N–H and O–H groups in total. The van der Waals surface area contributed by atoms with Gasteiger partial charge in [0.1, 0.15) is 17.5 Å². The van der Waals surface area contributed by atoms with E-state index in [0.29, 0.717) is 47.7 Å². The zero-order chi connectivity index (χ0) is 29.1. The highest BCUT2D eigenvalue weighted by Crippen LogP contribution is 2.38. The topological polar surface area (TPSA) is 116 Å². The molecule has 1 fully saturated rings. The minimum atomic E-state index is -0.828. The molecule has 5 rings (SSSR count). The van der Waals surface area contributed by atoms with Gasteiger partial charge in [-0.2, -0.15) is 0 Å². The zero-order valence-corrected chi connectivity index (χ0v) is 22.9. The molecule has 3 amide bonds. The van der Waals surface area contributed by atoms with E-state index in [9.17, 15) is 23.2 Å². The van der Waals surface area contributed by atoms with Crippen molar-refractivity contribution >= 4 is 40.9 Å². The van der Waals surface area contributed by atoms with Crippen LogP contribution in [0.5, 0.6) is 0 Å². The van der Waals surface area contributed by atoms with Crippen LogP contribution in [-0.2, 0) is 14.3 Å². The van der Waals surface area contributed by atoms with Crippen molar-refractivity contribution in [1.29, 1.82) is 0 Å². The Bertz CT molecular complexity index is 1520. The number of benzene rings is 2. The van der Waals surface area contributed by atoms with E-state index < -0.39 is 29.7 Å². The number of amides is 3. The highest BCUT2D eigenvalue weighted by atomic mass is 35.5. The third-order valence-electron chi connectivity index (χ3n) is 7.30. The number of anilines is 2. The second kappa shape index (κ2) is 12.1. The number of nitrogens with zero attached hydrogens (tertiary/aromatic N) is 2. The number of methoxy groups -OCH3 is 1. The first-order valence-electron chi connectivity index (χ1n) is 13.2. The maximum absolute atomic E-state index is 14.7. The number of fused-ring (bicyclic) bond motifs is 4. The van der Waals surface area contributed by atoms with Crippen molar-refractivity contribution in [3.8, 4) is 11.3 Å². The van der Waals surface area contributed by atoms with Gasteiger partial charge < -0.3 is 19.9 Å². The van der Waals surface area contributed by atoms with Gasteiger partial charge in [-0.3, -0.25) is 14.9 Å². The van der Waals surface area contributed by atoms with Gasteiger partial charge in [-0.1, -0.05) is 23.8 Å². The Morgan fingerprint density at radius 3 is 2.80 bits per heavy atom. The average Bonchev–Trinajstić information content (AvgIpc) is 3.43. The van der Waals surface area contributed by atoms with Gasteiger partial charge in [0, 0.05) is 48.3 Å². The first-order chi connectivity index (χ1) is 19.7. The van der Waals surface area contributed by atoms with Crippen molar-refractivity contribution in [1.82, 2.24) is 14.9 Å². The van der Waals surface area contributed by atoms with E-state index in [0.717, 1.165) is 12.1 Å². The SMILES string of the molecule is COC(=O)Nc1ccc2c(c1)NC(=O)CC/C=C/C[C@H](N1CCC(c3c(F)ccc(Cl)c3F)CC1=O)c1nc-2c[nH]1. The standard InChI is InChI=1S/C29H28ClF2N5O4/c1-41-29(40)34-17-7-8-18-21(14-17)35-24(38)6-4-2-3-5-23(28-33-15-22(18)36-28)37-12-11-16(13-25(37)39)26-20(31)10-9-19(30)27(26)32/h2-3,7-10,14-16,23H,4-6,11-13H2,1H3,(H,33,36)(H,34,40)(H,35,38)/b3-2+/t16?,23-/m0/s1. The number of H-pyrrole nitrogens is 1. The maximum atomic E-state index is 14.7. The summed E-state index contributed by atoms with van der Waals surface area (Å²) in [6.07, 6.45) is 6.22. The highest BCUT2D eigenvalue weighted by Gasteiger charge is 2.35. The number of aromatic amines is 1. The van der Waals surface area contributed by atoms with Crippen LogP contribution in [0, 0.1) is 11.6 Å². The Kier molecular flexibility index (Phi) is 8.34. The summed E-state index contributed by atoms with van der Waals surface area (Å²) in [6, 6.07) is 6.82. The molecule has 214 valence electrons. The molecule has 1 saturated heterocycles. The number of ether oxygens (including phenoxy) is 1. The smallest absolute Gasteiger partial charge is 0.411 e. The van der Waals surface area contributed by atoms with Gasteiger partial charge in [0.2, 0.25) is 11.8 Å². The van der Waals surface area contributed by atoms with Gasteiger partial charge in [0.25, 0.3) is 0 Å². The predicted octanol–water partition coefficient (Wildman–Crippen LogP) is 6.31. The Morgan fingerprint density at radius 2 is 2.02 bits per heavy atom. The molecule has 1 aromatic heterocycles. The molecule has 9 nitrogen and oxygen atoms in total. The van der Waals surface area contributed by atoms with Crippen molar-refractivity contribution in [2.24, 2.45) is 0 Å². The fraction of sp³-hybridized carbons (Fsp3) is 0.310. The second-order valence-electron chi connectivity index (χ2n) is 9.89. The molecule has 3 heterocycles. The van der Waals surface area contributed by atoms with E-state index in [2.05, 4.69) is 20.4 Å². The number of hydrogen-bond donors (Lipinski definition) is 3. The summed E-state index contributed by atoms with van der Waals surface area (Å²) < 4.78 is 33.9. The van der Waals surface area contributed by atoms with E-state index in [1.165, 1.54) is 7.11 Å².